The van der Waals surface area contributed by atoms with Gasteiger partial charge in [0.05, 0.1) is 3.57 Å². The Morgan fingerprint density at radius 1 is 1.15 bits per heavy atom. The highest BCUT2D eigenvalue weighted by molar-refractivity contribution is 14.1. The minimum absolute atomic E-state index is 0.406. The van der Waals surface area contributed by atoms with Crippen LogP contribution in [0.4, 0.5) is 0 Å². The average Bonchev–Trinajstić information content (AvgIpc) is 2.33. The fraction of sp³-hybridized carbons (Fsp3) is 0.600. The summed E-state index contributed by atoms with van der Waals surface area (Å²) in [6.45, 7) is 11.6. The van der Waals surface area contributed by atoms with Crippen LogP contribution in [0.2, 0.25) is 0 Å². The number of hydrogen-bond acceptors (Lipinski definition) is 3. The molecule has 0 heterocycles. The van der Waals surface area contributed by atoms with E-state index < -0.39 is 0 Å². The molecule has 5 heteroatoms. The summed E-state index contributed by atoms with van der Waals surface area (Å²) in [5, 5.41) is 13.5. The fourth-order valence-electron chi connectivity index (χ4n) is 2.30. The molecule has 1 aromatic carbocycles. The molecule has 0 radical (unpaired) electrons. The highest BCUT2D eigenvalue weighted by Crippen LogP contribution is 2.26. The second-order valence-corrected chi connectivity index (χ2v) is 7.91. The number of nitrogens with one attached hydrogen (secondary N) is 1. The van der Waals surface area contributed by atoms with E-state index in [1.807, 2.05) is 12.1 Å². The molecule has 0 aliphatic rings. The highest BCUT2D eigenvalue weighted by atomic mass is 127. The predicted molar refractivity (Wildman–Crippen MR) is 102 cm³/mol. The van der Waals surface area contributed by atoms with Crippen molar-refractivity contribution in [3.63, 3.8) is 0 Å². The summed E-state index contributed by atoms with van der Waals surface area (Å²) >= 11 is 4.46. The topological polar surface area (TPSA) is 35.5 Å². The van der Waals surface area contributed by atoms with Gasteiger partial charge < -0.3 is 10.4 Å². The Labute approximate surface area is 149 Å². The molecule has 0 aliphatic heterocycles. The van der Waals surface area contributed by atoms with E-state index in [2.05, 4.69) is 83.1 Å². The van der Waals surface area contributed by atoms with Crippen LogP contribution in [0.15, 0.2) is 12.1 Å². The smallest absolute Gasteiger partial charge is 0.133 e. The molecule has 0 aromatic heterocycles. The summed E-state index contributed by atoms with van der Waals surface area (Å²) in [5.41, 5.74) is 0.974. The van der Waals surface area contributed by atoms with Crippen LogP contribution in [-0.2, 0) is 6.54 Å². The quantitative estimate of drug-likeness (QED) is 0.440. The third-order valence-electron chi connectivity index (χ3n) is 3.30. The Bertz CT molecular complexity index is 428. The average molecular weight is 502 g/mol. The van der Waals surface area contributed by atoms with Crippen molar-refractivity contribution in [2.24, 2.45) is 0 Å². The van der Waals surface area contributed by atoms with Gasteiger partial charge >= 0.3 is 0 Å². The van der Waals surface area contributed by atoms with Gasteiger partial charge in [0.25, 0.3) is 0 Å². The second-order valence-electron chi connectivity index (χ2n) is 5.50. The molecule has 0 saturated carbocycles. The van der Waals surface area contributed by atoms with Gasteiger partial charge in [-0.25, -0.2) is 0 Å². The van der Waals surface area contributed by atoms with Gasteiger partial charge in [-0.3, -0.25) is 4.90 Å². The molecule has 20 heavy (non-hydrogen) atoms. The molecule has 1 aromatic rings. The van der Waals surface area contributed by atoms with Crippen LogP contribution in [0.3, 0.4) is 0 Å². The maximum absolute atomic E-state index is 10.0. The zero-order chi connectivity index (χ0) is 15.3. The maximum Gasteiger partial charge on any atom is 0.133 e. The van der Waals surface area contributed by atoms with Crippen LogP contribution in [0.1, 0.15) is 33.3 Å². The van der Waals surface area contributed by atoms with E-state index in [0.717, 1.165) is 25.8 Å². The van der Waals surface area contributed by atoms with Gasteiger partial charge in [0.2, 0.25) is 0 Å². The van der Waals surface area contributed by atoms with Crippen LogP contribution in [0, 0.1) is 7.14 Å². The van der Waals surface area contributed by atoms with Crippen molar-refractivity contribution in [3.8, 4) is 5.75 Å². The van der Waals surface area contributed by atoms with Crippen molar-refractivity contribution in [1.29, 1.82) is 0 Å². The second kappa shape index (κ2) is 8.75. The number of aromatic hydroxyl groups is 1. The number of nitrogens with zero attached hydrogens (tertiary/aromatic N) is 1. The Morgan fingerprint density at radius 2 is 1.75 bits per heavy atom. The van der Waals surface area contributed by atoms with E-state index in [4.69, 9.17) is 0 Å². The van der Waals surface area contributed by atoms with Gasteiger partial charge in [-0.05, 0) is 85.0 Å². The van der Waals surface area contributed by atoms with Crippen molar-refractivity contribution < 1.29 is 5.11 Å². The lowest BCUT2D eigenvalue weighted by atomic mass is 10.2. The summed E-state index contributed by atoms with van der Waals surface area (Å²) in [5.74, 6) is 0.406. The standard InChI is InChI=1S/C15H24I2N2O/c1-10(2)19(11(3)4)6-5-18-9-12-7-13(16)8-14(17)15(12)20/h7-8,10-11,18,20H,5-6,9H2,1-4H3. The van der Waals surface area contributed by atoms with Crippen LogP contribution in [-0.4, -0.2) is 35.2 Å². The van der Waals surface area contributed by atoms with Crippen molar-refractivity contribution >= 4 is 45.2 Å². The first-order chi connectivity index (χ1) is 9.32. The SMILES string of the molecule is CC(C)N(CCNCc1cc(I)cc(I)c1O)C(C)C. The Kier molecular flexibility index (Phi) is 8.07. The number of benzene rings is 1. The zero-order valence-electron chi connectivity index (χ0n) is 12.6. The Morgan fingerprint density at radius 3 is 2.30 bits per heavy atom. The number of phenolic OH excluding ortho intramolecular Hbond substituents is 1. The highest BCUT2D eigenvalue weighted by Gasteiger charge is 2.12. The first-order valence-electron chi connectivity index (χ1n) is 6.96. The first kappa shape index (κ1) is 18.4. The van der Waals surface area contributed by atoms with Crippen molar-refractivity contribution in [2.75, 3.05) is 13.1 Å². The van der Waals surface area contributed by atoms with E-state index in [0.29, 0.717) is 24.4 Å². The largest absolute Gasteiger partial charge is 0.507 e. The zero-order valence-corrected chi connectivity index (χ0v) is 16.9. The van der Waals surface area contributed by atoms with Crippen molar-refractivity contribution in [1.82, 2.24) is 10.2 Å². The molecule has 0 amide bonds. The van der Waals surface area contributed by atoms with Crippen LogP contribution in [0.5, 0.6) is 5.75 Å². The molecule has 2 N–H and O–H groups in total. The van der Waals surface area contributed by atoms with E-state index >= 15 is 0 Å². The molecule has 0 spiro atoms. The van der Waals surface area contributed by atoms with Gasteiger partial charge in [0.15, 0.2) is 0 Å². The van der Waals surface area contributed by atoms with Gasteiger partial charge in [0, 0.05) is 40.9 Å². The molecule has 0 atom stereocenters. The molecule has 114 valence electrons. The van der Waals surface area contributed by atoms with E-state index in [1.165, 1.54) is 0 Å². The van der Waals surface area contributed by atoms with E-state index in [-0.39, 0.29) is 0 Å². The Hall–Kier alpha value is 0.400. The first-order valence-corrected chi connectivity index (χ1v) is 9.12. The van der Waals surface area contributed by atoms with Crippen LogP contribution < -0.4 is 5.32 Å². The molecule has 0 bridgehead atoms. The monoisotopic (exact) mass is 502 g/mol. The molecule has 3 nitrogen and oxygen atoms in total. The number of halogens is 2. The predicted octanol–water partition coefficient (Wildman–Crippen LogP) is 3.81. The number of hydrogen-bond donors (Lipinski definition) is 2. The van der Waals surface area contributed by atoms with E-state index in [9.17, 15) is 5.11 Å². The van der Waals surface area contributed by atoms with Gasteiger partial charge in [-0.1, -0.05) is 0 Å². The third kappa shape index (κ3) is 5.65. The summed E-state index contributed by atoms with van der Waals surface area (Å²) in [4.78, 5) is 2.46. The lowest BCUT2D eigenvalue weighted by Gasteiger charge is -2.30. The lowest BCUT2D eigenvalue weighted by Crippen LogP contribution is -2.41. The van der Waals surface area contributed by atoms with Crippen LogP contribution in [0.25, 0.3) is 0 Å². The summed E-state index contributed by atoms with van der Waals surface area (Å²) < 4.78 is 2.07. The molecule has 0 aliphatic carbocycles. The molecular formula is C15H24I2N2O. The molecule has 1 rings (SSSR count). The van der Waals surface area contributed by atoms with Gasteiger partial charge in [-0.15, -0.1) is 0 Å². The number of phenols is 1. The van der Waals surface area contributed by atoms with E-state index in [1.54, 1.807) is 0 Å². The number of rotatable bonds is 7. The molecule has 0 saturated heterocycles. The summed E-state index contributed by atoms with van der Waals surface area (Å²) in [7, 11) is 0. The minimum atomic E-state index is 0.406. The lowest BCUT2D eigenvalue weighted by molar-refractivity contribution is 0.175. The Balaban J connectivity index is 2.49. The van der Waals surface area contributed by atoms with Gasteiger partial charge in [-0.2, -0.15) is 0 Å². The molecule has 0 fully saturated rings. The summed E-state index contributed by atoms with van der Waals surface area (Å²) in [6, 6.07) is 5.14. The fourth-order valence-corrected chi connectivity index (χ4v) is 4.26. The normalized spacial score (nSPS) is 11.8. The minimum Gasteiger partial charge on any atom is -0.507 e. The maximum atomic E-state index is 10.0. The molecule has 0 unspecified atom stereocenters. The third-order valence-corrected chi connectivity index (χ3v) is 4.74. The van der Waals surface area contributed by atoms with Crippen molar-refractivity contribution in [3.05, 3.63) is 24.8 Å². The summed E-state index contributed by atoms with van der Waals surface area (Å²) in [6.07, 6.45) is 0. The molecular weight excluding hydrogens is 478 g/mol. The van der Waals surface area contributed by atoms with Gasteiger partial charge in [0.1, 0.15) is 5.75 Å². The van der Waals surface area contributed by atoms with Crippen LogP contribution >= 0.6 is 45.2 Å². The van der Waals surface area contributed by atoms with Crippen molar-refractivity contribution in [2.45, 2.75) is 46.3 Å².